The maximum Gasteiger partial charge on any atom is 0.307 e. The van der Waals surface area contributed by atoms with Gasteiger partial charge >= 0.3 is 5.97 Å². The van der Waals surface area contributed by atoms with Crippen molar-refractivity contribution >= 4 is 11.9 Å². The van der Waals surface area contributed by atoms with Crippen molar-refractivity contribution in [2.24, 2.45) is 11.8 Å². The number of hydrogen-bond acceptors (Lipinski definition) is 3. The Bertz CT molecular complexity index is 338. The molecule has 1 N–H and O–H groups in total. The quantitative estimate of drug-likeness (QED) is 0.827. The third-order valence-electron chi connectivity index (χ3n) is 4.37. The van der Waals surface area contributed by atoms with Crippen molar-refractivity contribution in [3.63, 3.8) is 0 Å². The van der Waals surface area contributed by atoms with E-state index in [0.29, 0.717) is 6.42 Å². The van der Waals surface area contributed by atoms with Crippen LogP contribution in [0.1, 0.15) is 32.6 Å². The Morgan fingerprint density at radius 3 is 2.32 bits per heavy atom. The molecule has 0 aromatic heterocycles. The van der Waals surface area contributed by atoms with Crippen LogP contribution in [0.15, 0.2) is 0 Å². The SMILES string of the molecule is CCCN1CCN(C(=O)[C@@H]2CCC[C@@H]2C(=O)O)CC1. The summed E-state index contributed by atoms with van der Waals surface area (Å²) < 4.78 is 0. The fourth-order valence-corrected chi connectivity index (χ4v) is 3.29. The van der Waals surface area contributed by atoms with E-state index in [4.69, 9.17) is 5.11 Å². The van der Waals surface area contributed by atoms with Gasteiger partial charge in [-0.05, 0) is 25.8 Å². The minimum Gasteiger partial charge on any atom is -0.481 e. The van der Waals surface area contributed by atoms with Crippen molar-refractivity contribution in [2.75, 3.05) is 32.7 Å². The molecular formula is C14H24N2O3. The van der Waals surface area contributed by atoms with Crippen LogP contribution in [0.25, 0.3) is 0 Å². The number of piperazine rings is 1. The Hall–Kier alpha value is -1.10. The van der Waals surface area contributed by atoms with Crippen molar-refractivity contribution in [1.82, 2.24) is 9.80 Å². The molecule has 1 saturated heterocycles. The molecule has 19 heavy (non-hydrogen) atoms. The van der Waals surface area contributed by atoms with Crippen molar-refractivity contribution in [2.45, 2.75) is 32.6 Å². The first-order valence-corrected chi connectivity index (χ1v) is 7.37. The second-order valence-electron chi connectivity index (χ2n) is 5.65. The Morgan fingerprint density at radius 2 is 1.74 bits per heavy atom. The highest BCUT2D eigenvalue weighted by atomic mass is 16.4. The summed E-state index contributed by atoms with van der Waals surface area (Å²) in [6.45, 7) is 6.59. The molecule has 1 amide bonds. The zero-order chi connectivity index (χ0) is 13.8. The molecule has 1 aliphatic carbocycles. The molecule has 0 aromatic rings. The molecule has 2 fully saturated rings. The first kappa shape index (κ1) is 14.3. The summed E-state index contributed by atoms with van der Waals surface area (Å²) in [6, 6.07) is 0. The predicted molar refractivity (Wildman–Crippen MR) is 71.8 cm³/mol. The van der Waals surface area contributed by atoms with Gasteiger partial charge in [0.15, 0.2) is 0 Å². The van der Waals surface area contributed by atoms with Crippen molar-refractivity contribution in [1.29, 1.82) is 0 Å². The van der Waals surface area contributed by atoms with E-state index < -0.39 is 11.9 Å². The summed E-state index contributed by atoms with van der Waals surface area (Å²) in [5, 5.41) is 9.16. The summed E-state index contributed by atoms with van der Waals surface area (Å²) in [5.41, 5.74) is 0. The molecule has 5 nitrogen and oxygen atoms in total. The zero-order valence-corrected chi connectivity index (χ0v) is 11.7. The zero-order valence-electron chi connectivity index (χ0n) is 11.7. The monoisotopic (exact) mass is 268 g/mol. The van der Waals surface area contributed by atoms with Gasteiger partial charge < -0.3 is 10.0 Å². The van der Waals surface area contributed by atoms with Crippen LogP contribution in [0.4, 0.5) is 0 Å². The highest BCUT2D eigenvalue weighted by molar-refractivity contribution is 5.85. The van der Waals surface area contributed by atoms with Crippen molar-refractivity contribution in [3.05, 3.63) is 0 Å². The van der Waals surface area contributed by atoms with E-state index in [1.165, 1.54) is 0 Å². The standard InChI is InChI=1S/C14H24N2O3/c1-2-6-15-7-9-16(10-8-15)13(17)11-4-3-5-12(11)14(18)19/h11-12H,2-10H2,1H3,(H,18,19)/t11-,12+/m1/s1. The summed E-state index contributed by atoms with van der Waals surface area (Å²) in [7, 11) is 0. The largest absolute Gasteiger partial charge is 0.481 e. The lowest BCUT2D eigenvalue weighted by molar-refractivity contribution is -0.149. The molecule has 2 atom stereocenters. The number of amides is 1. The van der Waals surface area contributed by atoms with Crippen LogP contribution in [0.2, 0.25) is 0 Å². The number of rotatable bonds is 4. The van der Waals surface area contributed by atoms with Gasteiger partial charge in [-0.25, -0.2) is 0 Å². The van der Waals surface area contributed by atoms with E-state index in [9.17, 15) is 9.59 Å². The fraction of sp³-hybridized carbons (Fsp3) is 0.857. The average molecular weight is 268 g/mol. The molecule has 0 spiro atoms. The Kier molecular flexibility index (Phi) is 4.80. The van der Waals surface area contributed by atoms with E-state index >= 15 is 0 Å². The maximum atomic E-state index is 12.4. The van der Waals surface area contributed by atoms with Crippen LogP contribution in [0.3, 0.4) is 0 Å². The third-order valence-corrected chi connectivity index (χ3v) is 4.37. The van der Waals surface area contributed by atoms with Crippen LogP contribution >= 0.6 is 0 Å². The lowest BCUT2D eigenvalue weighted by atomic mass is 9.94. The van der Waals surface area contributed by atoms with Gasteiger partial charge in [-0.2, -0.15) is 0 Å². The number of carbonyl (C=O) groups is 2. The van der Waals surface area contributed by atoms with Gasteiger partial charge in [0.05, 0.1) is 11.8 Å². The molecule has 0 bridgehead atoms. The van der Waals surface area contributed by atoms with E-state index in [-0.39, 0.29) is 11.8 Å². The summed E-state index contributed by atoms with van der Waals surface area (Å²) >= 11 is 0. The second-order valence-corrected chi connectivity index (χ2v) is 5.65. The second kappa shape index (κ2) is 6.37. The van der Waals surface area contributed by atoms with E-state index in [0.717, 1.165) is 52.0 Å². The van der Waals surface area contributed by atoms with Gasteiger partial charge in [-0.3, -0.25) is 14.5 Å². The van der Waals surface area contributed by atoms with Crippen molar-refractivity contribution < 1.29 is 14.7 Å². The molecule has 5 heteroatoms. The van der Waals surface area contributed by atoms with Gasteiger partial charge in [-0.15, -0.1) is 0 Å². The van der Waals surface area contributed by atoms with E-state index in [2.05, 4.69) is 11.8 Å². The molecule has 1 heterocycles. The fourth-order valence-electron chi connectivity index (χ4n) is 3.29. The maximum absolute atomic E-state index is 12.4. The van der Waals surface area contributed by atoms with Gasteiger partial charge in [0.2, 0.25) is 5.91 Å². The number of carbonyl (C=O) groups excluding carboxylic acids is 1. The van der Waals surface area contributed by atoms with Gasteiger partial charge in [0.1, 0.15) is 0 Å². The number of aliphatic carboxylic acids is 1. The van der Waals surface area contributed by atoms with Crippen LogP contribution in [0, 0.1) is 11.8 Å². The molecular weight excluding hydrogens is 244 g/mol. The normalized spacial score (nSPS) is 28.6. The summed E-state index contributed by atoms with van der Waals surface area (Å²) in [6.07, 6.45) is 3.40. The smallest absolute Gasteiger partial charge is 0.307 e. The van der Waals surface area contributed by atoms with Crippen LogP contribution in [0.5, 0.6) is 0 Å². The molecule has 1 saturated carbocycles. The molecule has 1 aliphatic heterocycles. The highest BCUT2D eigenvalue weighted by Crippen LogP contribution is 2.33. The molecule has 2 rings (SSSR count). The minimum atomic E-state index is -0.805. The number of carboxylic acid groups (broad SMARTS) is 1. The van der Waals surface area contributed by atoms with Gasteiger partial charge in [0, 0.05) is 26.2 Å². The topological polar surface area (TPSA) is 60.9 Å². The Morgan fingerprint density at radius 1 is 1.11 bits per heavy atom. The number of hydrogen-bond donors (Lipinski definition) is 1. The van der Waals surface area contributed by atoms with Crippen LogP contribution < -0.4 is 0 Å². The predicted octanol–water partition coefficient (Wildman–Crippen LogP) is 1.04. The minimum absolute atomic E-state index is 0.0704. The lowest BCUT2D eigenvalue weighted by Gasteiger charge is -2.36. The van der Waals surface area contributed by atoms with Gasteiger partial charge in [-0.1, -0.05) is 13.3 Å². The van der Waals surface area contributed by atoms with E-state index in [1.807, 2.05) is 4.90 Å². The van der Waals surface area contributed by atoms with Crippen LogP contribution in [-0.2, 0) is 9.59 Å². The third kappa shape index (κ3) is 3.26. The highest BCUT2D eigenvalue weighted by Gasteiger charge is 2.40. The molecule has 108 valence electrons. The van der Waals surface area contributed by atoms with Gasteiger partial charge in [0.25, 0.3) is 0 Å². The Labute approximate surface area is 114 Å². The summed E-state index contributed by atoms with van der Waals surface area (Å²) in [4.78, 5) is 27.8. The molecule has 0 aromatic carbocycles. The summed E-state index contributed by atoms with van der Waals surface area (Å²) in [5.74, 6) is -1.47. The number of nitrogens with zero attached hydrogens (tertiary/aromatic N) is 2. The number of carboxylic acids is 1. The average Bonchev–Trinajstić information content (AvgIpc) is 2.88. The Balaban J connectivity index is 1.89. The first-order chi connectivity index (χ1) is 9.13. The first-order valence-electron chi connectivity index (χ1n) is 7.37. The van der Waals surface area contributed by atoms with Crippen LogP contribution in [-0.4, -0.2) is 59.5 Å². The molecule has 0 unspecified atom stereocenters. The lowest BCUT2D eigenvalue weighted by Crippen LogP contribution is -2.51. The molecule has 2 aliphatic rings. The van der Waals surface area contributed by atoms with E-state index in [1.54, 1.807) is 0 Å². The van der Waals surface area contributed by atoms with Crippen molar-refractivity contribution in [3.8, 4) is 0 Å². The molecule has 0 radical (unpaired) electrons.